The fourth-order valence-corrected chi connectivity index (χ4v) is 2.84. The fraction of sp³-hybridized carbons (Fsp3) is 0.857. The summed E-state index contributed by atoms with van der Waals surface area (Å²) in [6.07, 6.45) is 2.08. The average Bonchev–Trinajstić information content (AvgIpc) is 2.32. The molecule has 1 spiro atoms. The summed E-state index contributed by atoms with van der Waals surface area (Å²) in [7, 11) is 0. The van der Waals surface area contributed by atoms with Gasteiger partial charge in [-0.05, 0) is 27.2 Å². The van der Waals surface area contributed by atoms with E-state index in [-0.39, 0.29) is 11.9 Å². The Morgan fingerprint density at radius 1 is 1.32 bits per heavy atom. The van der Waals surface area contributed by atoms with Gasteiger partial charge in [0.1, 0.15) is 11.1 Å². The number of carbonyl (C=O) groups is 2. The van der Waals surface area contributed by atoms with Crippen molar-refractivity contribution < 1.29 is 19.1 Å². The molecule has 1 amide bonds. The number of rotatable bonds is 0. The van der Waals surface area contributed by atoms with Crippen LogP contribution in [0, 0.1) is 0 Å². The molecule has 0 bridgehead atoms. The van der Waals surface area contributed by atoms with Gasteiger partial charge in [0, 0.05) is 39.0 Å². The highest BCUT2D eigenvalue weighted by Gasteiger charge is 2.49. The summed E-state index contributed by atoms with van der Waals surface area (Å²) in [4.78, 5) is 26.3. The Morgan fingerprint density at radius 3 is 2.53 bits per heavy atom. The zero-order valence-corrected chi connectivity index (χ0v) is 12.0. The van der Waals surface area contributed by atoms with E-state index in [1.54, 1.807) is 4.90 Å². The number of amides is 1. The molecule has 0 aromatic rings. The van der Waals surface area contributed by atoms with E-state index in [0.717, 1.165) is 6.42 Å². The van der Waals surface area contributed by atoms with Crippen molar-refractivity contribution in [2.75, 3.05) is 19.8 Å². The van der Waals surface area contributed by atoms with Gasteiger partial charge in [-0.1, -0.05) is 0 Å². The first-order valence-electron chi connectivity index (χ1n) is 6.97. The second-order valence-electron chi connectivity index (χ2n) is 6.30. The van der Waals surface area contributed by atoms with Gasteiger partial charge in [-0.25, -0.2) is 4.79 Å². The topological polar surface area (TPSA) is 55.8 Å². The number of hydrogen-bond donors (Lipinski definition) is 0. The Balaban J connectivity index is 2.20. The van der Waals surface area contributed by atoms with Crippen molar-refractivity contribution in [2.24, 2.45) is 0 Å². The lowest BCUT2D eigenvalue weighted by Crippen LogP contribution is -2.62. The third kappa shape index (κ3) is 2.91. The maximum absolute atomic E-state index is 12.3. The van der Waals surface area contributed by atoms with E-state index < -0.39 is 11.1 Å². The van der Waals surface area contributed by atoms with Crippen LogP contribution in [0.15, 0.2) is 0 Å². The maximum atomic E-state index is 12.3. The summed E-state index contributed by atoms with van der Waals surface area (Å²) in [6.45, 7) is 7.19. The lowest BCUT2D eigenvalue weighted by molar-refractivity contribution is -0.142. The molecule has 5 nitrogen and oxygen atoms in total. The van der Waals surface area contributed by atoms with Gasteiger partial charge in [-0.3, -0.25) is 9.69 Å². The normalized spacial score (nSPS) is 23.5. The van der Waals surface area contributed by atoms with Crippen LogP contribution < -0.4 is 0 Å². The number of carbonyl (C=O) groups excluding carboxylic acids is 2. The predicted octanol–water partition coefficient (Wildman–Crippen LogP) is 2.14. The fourth-order valence-electron chi connectivity index (χ4n) is 2.84. The molecule has 0 aromatic carbocycles. The predicted molar refractivity (Wildman–Crippen MR) is 70.0 cm³/mol. The highest BCUT2D eigenvalue weighted by Crippen LogP contribution is 2.35. The van der Waals surface area contributed by atoms with Crippen LogP contribution in [0.25, 0.3) is 0 Å². The molecule has 2 heterocycles. The number of hydrogen-bond acceptors (Lipinski definition) is 4. The largest absolute Gasteiger partial charge is 0.444 e. The van der Waals surface area contributed by atoms with Crippen LogP contribution in [0.5, 0.6) is 0 Å². The smallest absolute Gasteiger partial charge is 0.411 e. The highest BCUT2D eigenvalue weighted by atomic mass is 16.6. The molecule has 0 saturated carbocycles. The van der Waals surface area contributed by atoms with Gasteiger partial charge in [-0.15, -0.1) is 0 Å². The van der Waals surface area contributed by atoms with Crippen LogP contribution in [0.1, 0.15) is 46.5 Å². The summed E-state index contributed by atoms with van der Waals surface area (Å²) in [5.74, 6) is 0.160. The van der Waals surface area contributed by atoms with Gasteiger partial charge in [-0.2, -0.15) is 0 Å². The lowest BCUT2D eigenvalue weighted by atomic mass is 9.79. The van der Waals surface area contributed by atoms with E-state index in [2.05, 4.69) is 0 Å². The van der Waals surface area contributed by atoms with Crippen molar-refractivity contribution in [2.45, 2.75) is 57.6 Å². The first-order chi connectivity index (χ1) is 8.85. The molecule has 2 aliphatic rings. The summed E-state index contributed by atoms with van der Waals surface area (Å²) in [6, 6.07) is 0. The van der Waals surface area contributed by atoms with E-state index in [1.165, 1.54) is 0 Å². The lowest BCUT2D eigenvalue weighted by Gasteiger charge is -2.47. The molecule has 0 atom stereocenters. The maximum Gasteiger partial charge on any atom is 0.411 e. The molecule has 2 fully saturated rings. The molecule has 0 aliphatic carbocycles. The van der Waals surface area contributed by atoms with Crippen LogP contribution in [0.3, 0.4) is 0 Å². The van der Waals surface area contributed by atoms with Gasteiger partial charge < -0.3 is 9.47 Å². The summed E-state index contributed by atoms with van der Waals surface area (Å²) < 4.78 is 10.8. The van der Waals surface area contributed by atoms with Crippen molar-refractivity contribution >= 4 is 11.9 Å². The van der Waals surface area contributed by atoms with Crippen LogP contribution in [-0.4, -0.2) is 47.7 Å². The number of ether oxygens (including phenoxy) is 2. The van der Waals surface area contributed by atoms with Gasteiger partial charge in [0.05, 0.1) is 0 Å². The second-order valence-corrected chi connectivity index (χ2v) is 6.30. The number of ketones is 1. The molecule has 0 N–H and O–H groups in total. The Hall–Kier alpha value is -1.10. The van der Waals surface area contributed by atoms with E-state index in [0.29, 0.717) is 39.0 Å². The molecule has 2 saturated heterocycles. The second kappa shape index (κ2) is 5.12. The molecule has 19 heavy (non-hydrogen) atoms. The summed E-state index contributed by atoms with van der Waals surface area (Å²) >= 11 is 0. The van der Waals surface area contributed by atoms with Crippen molar-refractivity contribution in [3.8, 4) is 0 Å². The van der Waals surface area contributed by atoms with Crippen molar-refractivity contribution in [1.29, 1.82) is 0 Å². The molecular weight excluding hydrogens is 246 g/mol. The minimum absolute atomic E-state index is 0.160. The van der Waals surface area contributed by atoms with Crippen molar-refractivity contribution in [3.63, 3.8) is 0 Å². The van der Waals surface area contributed by atoms with Gasteiger partial charge in [0.25, 0.3) is 0 Å². The molecular formula is C14H23NO4. The first-order valence-corrected chi connectivity index (χ1v) is 6.97. The highest BCUT2D eigenvalue weighted by molar-refractivity contribution is 5.92. The molecule has 5 heteroatoms. The molecule has 0 unspecified atom stereocenters. The first kappa shape index (κ1) is 14.3. The number of Topliss-reactive ketones (excluding diaryl/α,β-unsaturated/α-hetero) is 1. The molecule has 0 radical (unpaired) electrons. The van der Waals surface area contributed by atoms with Gasteiger partial charge in [0.15, 0.2) is 5.78 Å². The van der Waals surface area contributed by atoms with E-state index in [4.69, 9.17) is 9.47 Å². The van der Waals surface area contributed by atoms with E-state index in [9.17, 15) is 9.59 Å². The van der Waals surface area contributed by atoms with Crippen LogP contribution in [0.4, 0.5) is 4.79 Å². The standard InChI is InChI=1S/C14H23NO4/c1-13(2,3)19-12(17)15-8-4-5-11(16)14(15)6-9-18-10-7-14/h4-10H2,1-3H3. The zero-order chi connectivity index (χ0) is 14.1. The average molecular weight is 269 g/mol. The van der Waals surface area contributed by atoms with E-state index in [1.807, 2.05) is 20.8 Å². The number of piperidine rings is 1. The number of nitrogens with zero attached hydrogens (tertiary/aromatic N) is 1. The molecule has 2 aliphatic heterocycles. The third-order valence-corrected chi connectivity index (χ3v) is 3.76. The van der Waals surface area contributed by atoms with Crippen LogP contribution in [0.2, 0.25) is 0 Å². The van der Waals surface area contributed by atoms with Crippen molar-refractivity contribution in [1.82, 2.24) is 4.90 Å². The van der Waals surface area contributed by atoms with Crippen LogP contribution >= 0.6 is 0 Å². The van der Waals surface area contributed by atoms with Crippen molar-refractivity contribution in [3.05, 3.63) is 0 Å². The quantitative estimate of drug-likeness (QED) is 0.676. The Bertz CT molecular complexity index is 366. The Morgan fingerprint density at radius 2 is 1.95 bits per heavy atom. The van der Waals surface area contributed by atoms with E-state index >= 15 is 0 Å². The summed E-state index contributed by atoms with van der Waals surface area (Å²) in [5, 5.41) is 0. The minimum atomic E-state index is -0.682. The monoisotopic (exact) mass is 269 g/mol. The third-order valence-electron chi connectivity index (χ3n) is 3.76. The summed E-state index contributed by atoms with van der Waals surface area (Å²) in [5.41, 5.74) is -1.22. The molecule has 0 aromatic heterocycles. The number of likely N-dealkylation sites (tertiary alicyclic amines) is 1. The Labute approximate surface area is 114 Å². The SMILES string of the molecule is CC(C)(C)OC(=O)N1CCCC(=O)C12CCOCC2. The van der Waals surface area contributed by atoms with Crippen LogP contribution in [-0.2, 0) is 14.3 Å². The molecule has 108 valence electrons. The zero-order valence-electron chi connectivity index (χ0n) is 12.0. The van der Waals surface area contributed by atoms with Gasteiger partial charge in [0.2, 0.25) is 0 Å². The Kier molecular flexibility index (Phi) is 3.85. The van der Waals surface area contributed by atoms with Gasteiger partial charge >= 0.3 is 6.09 Å². The minimum Gasteiger partial charge on any atom is -0.444 e. The molecule has 2 rings (SSSR count).